The van der Waals surface area contributed by atoms with Crippen LogP contribution in [0.3, 0.4) is 0 Å². The molecule has 4 heterocycles. The van der Waals surface area contributed by atoms with Crippen LogP contribution in [0, 0.1) is 11.3 Å². The Balaban J connectivity index is 1.34. The zero-order valence-corrected chi connectivity index (χ0v) is 20.4. The van der Waals surface area contributed by atoms with E-state index in [2.05, 4.69) is 22.1 Å². The molecule has 0 spiro atoms. The molecule has 0 bridgehead atoms. The van der Waals surface area contributed by atoms with E-state index >= 15 is 0 Å². The predicted molar refractivity (Wildman–Crippen MR) is 123 cm³/mol. The average Bonchev–Trinajstić information content (AvgIpc) is 3.37. The van der Waals surface area contributed by atoms with Gasteiger partial charge >= 0.3 is 6.18 Å². The van der Waals surface area contributed by atoms with Crippen LogP contribution in [0.5, 0.6) is 0 Å². The van der Waals surface area contributed by atoms with Gasteiger partial charge in [-0.15, -0.1) is 0 Å². The lowest BCUT2D eigenvalue weighted by atomic mass is 9.78. The lowest BCUT2D eigenvalue weighted by Crippen LogP contribution is -2.52. The molecular formula is C25H35F3N4O3. The fourth-order valence-electron chi connectivity index (χ4n) is 6.68. The van der Waals surface area contributed by atoms with E-state index in [-0.39, 0.29) is 36.6 Å². The Morgan fingerprint density at radius 1 is 1.40 bits per heavy atom. The summed E-state index contributed by atoms with van der Waals surface area (Å²) in [7, 11) is 1.70. The van der Waals surface area contributed by atoms with Crippen LogP contribution in [0.15, 0.2) is 12.3 Å². The molecule has 2 saturated heterocycles. The third-order valence-electron chi connectivity index (χ3n) is 8.53. The van der Waals surface area contributed by atoms with Gasteiger partial charge in [0.2, 0.25) is 5.91 Å². The summed E-state index contributed by atoms with van der Waals surface area (Å²) < 4.78 is 50.9. The molecule has 7 nitrogen and oxygen atoms in total. The monoisotopic (exact) mass is 496 g/mol. The van der Waals surface area contributed by atoms with Crippen molar-refractivity contribution in [1.82, 2.24) is 20.1 Å². The summed E-state index contributed by atoms with van der Waals surface area (Å²) in [6, 6.07) is 1.57. The maximum absolute atomic E-state index is 14.1. The molecular weight excluding hydrogens is 461 g/mol. The van der Waals surface area contributed by atoms with Gasteiger partial charge in [-0.1, -0.05) is 6.92 Å². The van der Waals surface area contributed by atoms with Crippen LogP contribution in [0.1, 0.15) is 43.0 Å². The average molecular weight is 497 g/mol. The molecule has 2 unspecified atom stereocenters. The van der Waals surface area contributed by atoms with Crippen LogP contribution >= 0.6 is 0 Å². The molecule has 1 saturated carbocycles. The Morgan fingerprint density at radius 3 is 2.97 bits per heavy atom. The molecule has 35 heavy (non-hydrogen) atoms. The van der Waals surface area contributed by atoms with Gasteiger partial charge in [0.15, 0.2) is 0 Å². The number of ether oxygens (including phenoxy) is 2. The van der Waals surface area contributed by atoms with Crippen molar-refractivity contribution in [2.75, 3.05) is 46.5 Å². The van der Waals surface area contributed by atoms with E-state index in [9.17, 15) is 18.0 Å². The van der Waals surface area contributed by atoms with Gasteiger partial charge in [0.25, 0.3) is 0 Å². The number of alkyl halides is 3. The van der Waals surface area contributed by atoms with Gasteiger partial charge in [-0.05, 0) is 43.4 Å². The van der Waals surface area contributed by atoms with E-state index in [1.54, 1.807) is 12.0 Å². The number of carbonyl (C=O) groups excluding carboxylic acids is 1. The lowest BCUT2D eigenvalue weighted by molar-refractivity contribution is -0.144. The first-order valence-electron chi connectivity index (χ1n) is 12.7. The van der Waals surface area contributed by atoms with Crippen LogP contribution in [-0.2, 0) is 33.4 Å². The summed E-state index contributed by atoms with van der Waals surface area (Å²) in [4.78, 5) is 22.3. The fourth-order valence-corrected chi connectivity index (χ4v) is 6.68. The van der Waals surface area contributed by atoms with Gasteiger partial charge in [-0.25, -0.2) is 0 Å². The number of nitrogens with zero attached hydrogens (tertiary/aromatic N) is 3. The molecule has 5 atom stereocenters. The van der Waals surface area contributed by atoms with Crippen molar-refractivity contribution < 1.29 is 27.4 Å². The summed E-state index contributed by atoms with van der Waals surface area (Å²) >= 11 is 0. The van der Waals surface area contributed by atoms with Crippen molar-refractivity contribution >= 4 is 5.91 Å². The first-order valence-corrected chi connectivity index (χ1v) is 12.7. The van der Waals surface area contributed by atoms with Crippen LogP contribution in [-0.4, -0.2) is 85.4 Å². The fraction of sp³-hybridized carbons (Fsp3) is 0.760. The maximum atomic E-state index is 14.1. The van der Waals surface area contributed by atoms with E-state index in [1.165, 1.54) is 6.07 Å². The van der Waals surface area contributed by atoms with E-state index in [0.29, 0.717) is 44.0 Å². The van der Waals surface area contributed by atoms with Crippen LogP contribution < -0.4 is 5.32 Å². The molecule has 3 aliphatic heterocycles. The zero-order valence-electron chi connectivity index (χ0n) is 20.4. The number of hydrogen-bond acceptors (Lipinski definition) is 6. The summed E-state index contributed by atoms with van der Waals surface area (Å²) in [6.07, 6.45) is -0.532. The maximum Gasteiger partial charge on any atom is 0.417 e. The third kappa shape index (κ3) is 4.70. The number of aromatic nitrogens is 1. The van der Waals surface area contributed by atoms with Crippen molar-refractivity contribution in [3.05, 3.63) is 29.1 Å². The van der Waals surface area contributed by atoms with Gasteiger partial charge in [-0.2, -0.15) is 13.2 Å². The molecule has 10 heteroatoms. The number of hydrogen-bond donors (Lipinski definition) is 1. The van der Waals surface area contributed by atoms with Crippen molar-refractivity contribution in [3.8, 4) is 0 Å². The lowest BCUT2D eigenvalue weighted by Gasteiger charge is -2.38. The Labute approximate surface area is 204 Å². The largest absolute Gasteiger partial charge is 0.417 e. The molecule has 4 aliphatic rings. The topological polar surface area (TPSA) is 66.9 Å². The Hall–Kier alpha value is -1.75. The number of halogens is 3. The Bertz CT molecular complexity index is 945. The van der Waals surface area contributed by atoms with Gasteiger partial charge in [0, 0.05) is 70.3 Å². The third-order valence-corrected chi connectivity index (χ3v) is 8.53. The number of pyridine rings is 1. The highest BCUT2D eigenvalue weighted by Crippen LogP contribution is 2.50. The zero-order chi connectivity index (χ0) is 24.8. The highest BCUT2D eigenvalue weighted by molar-refractivity contribution is 5.84. The minimum atomic E-state index is -4.44. The number of fused-ring (bicyclic) bond motifs is 2. The normalized spacial score (nSPS) is 33.6. The molecule has 1 amide bonds. The minimum absolute atomic E-state index is 0.00286. The molecule has 194 valence electrons. The molecule has 1 N–H and O–H groups in total. The van der Waals surface area contributed by atoms with Crippen molar-refractivity contribution in [1.29, 1.82) is 0 Å². The molecule has 1 aromatic rings. The molecule has 3 fully saturated rings. The van der Waals surface area contributed by atoms with Crippen LogP contribution in [0.25, 0.3) is 0 Å². The molecule has 0 aromatic carbocycles. The number of rotatable bonds is 5. The number of amides is 1. The Kier molecular flexibility index (Phi) is 6.84. The van der Waals surface area contributed by atoms with Gasteiger partial charge in [-0.3, -0.25) is 9.78 Å². The molecule has 5 rings (SSSR count). The second-order valence-electron chi connectivity index (χ2n) is 10.5. The van der Waals surface area contributed by atoms with Crippen LogP contribution in [0.2, 0.25) is 0 Å². The van der Waals surface area contributed by atoms with Gasteiger partial charge < -0.3 is 24.6 Å². The summed E-state index contributed by atoms with van der Waals surface area (Å²) in [6.45, 7) is 6.54. The van der Waals surface area contributed by atoms with Crippen molar-refractivity contribution in [2.24, 2.45) is 11.3 Å². The minimum Gasteiger partial charge on any atom is -0.379 e. The van der Waals surface area contributed by atoms with E-state index in [4.69, 9.17) is 9.47 Å². The predicted octanol–water partition coefficient (Wildman–Crippen LogP) is 2.48. The van der Waals surface area contributed by atoms with E-state index < -0.39 is 17.2 Å². The number of likely N-dealkylation sites (tertiary alicyclic amines) is 1. The first kappa shape index (κ1) is 24.9. The van der Waals surface area contributed by atoms with Crippen LogP contribution in [0.4, 0.5) is 13.2 Å². The quantitative estimate of drug-likeness (QED) is 0.676. The van der Waals surface area contributed by atoms with Gasteiger partial charge in [0.1, 0.15) is 0 Å². The van der Waals surface area contributed by atoms with Crippen molar-refractivity contribution in [3.63, 3.8) is 0 Å². The standard InChI is InChI=1S/C25H35F3N4O3/c1-3-31-13-18-9-19(30-21-5-7-35-14-22(21)34-2)10-24(18,15-31)23(33)32-6-4-20-16(12-32)8-17(11-29-20)25(26,27)28/h8,11,18-19,21-22,30H,3-7,9-10,12-15H2,1-2H3/t18-,19+,21?,22?,24-/m0/s1. The first-order chi connectivity index (χ1) is 16.7. The van der Waals surface area contributed by atoms with E-state index in [1.807, 2.05) is 0 Å². The number of carbonyl (C=O) groups is 1. The molecule has 1 aliphatic carbocycles. The SMILES string of the molecule is CCN1C[C@@H]2C[C@@H](NC3CCOCC3OC)C[C@]2(C(=O)N2CCc3ncc(C(F)(F)F)cc3C2)C1. The Morgan fingerprint density at radius 2 is 2.23 bits per heavy atom. The highest BCUT2D eigenvalue weighted by atomic mass is 19.4. The summed E-state index contributed by atoms with van der Waals surface area (Å²) in [5.74, 6) is 0.315. The summed E-state index contributed by atoms with van der Waals surface area (Å²) in [5, 5.41) is 3.77. The molecule has 1 aromatic heterocycles. The van der Waals surface area contributed by atoms with Crippen molar-refractivity contribution in [2.45, 2.75) is 63.5 Å². The van der Waals surface area contributed by atoms with Gasteiger partial charge in [0.05, 0.1) is 23.7 Å². The number of methoxy groups -OCH3 is 1. The number of nitrogens with one attached hydrogen (secondary N) is 1. The smallest absolute Gasteiger partial charge is 0.379 e. The second kappa shape index (κ2) is 9.61. The summed E-state index contributed by atoms with van der Waals surface area (Å²) in [5.41, 5.74) is -0.0909. The van der Waals surface area contributed by atoms with E-state index in [0.717, 1.165) is 38.5 Å². The second-order valence-corrected chi connectivity index (χ2v) is 10.5. The highest BCUT2D eigenvalue weighted by Gasteiger charge is 2.58. The molecule has 0 radical (unpaired) electrons.